The van der Waals surface area contributed by atoms with Crippen molar-refractivity contribution in [1.82, 2.24) is 10.2 Å². The summed E-state index contributed by atoms with van der Waals surface area (Å²) in [5.41, 5.74) is 0.0833. The Balaban J connectivity index is 1.86. The SMILES string of the molecule is CCC1(CO)CCN(C(C)C(=O)NC2CCCC(C)C2C)CC1. The monoisotopic (exact) mass is 324 g/mol. The van der Waals surface area contributed by atoms with E-state index in [9.17, 15) is 9.90 Å². The van der Waals surface area contributed by atoms with E-state index in [0.717, 1.165) is 38.8 Å². The Morgan fingerprint density at radius 1 is 1.30 bits per heavy atom. The molecule has 1 saturated carbocycles. The van der Waals surface area contributed by atoms with Crippen LogP contribution in [0.3, 0.4) is 0 Å². The summed E-state index contributed by atoms with van der Waals surface area (Å²) in [5.74, 6) is 1.46. The molecule has 1 aliphatic heterocycles. The zero-order valence-corrected chi connectivity index (χ0v) is 15.5. The molecule has 4 atom stereocenters. The van der Waals surface area contributed by atoms with Crippen molar-refractivity contribution in [2.45, 2.75) is 78.3 Å². The number of rotatable bonds is 5. The maximum absolute atomic E-state index is 12.7. The van der Waals surface area contributed by atoms with Crippen molar-refractivity contribution < 1.29 is 9.90 Å². The van der Waals surface area contributed by atoms with Gasteiger partial charge in [0.2, 0.25) is 5.91 Å². The van der Waals surface area contributed by atoms with Gasteiger partial charge in [0.1, 0.15) is 0 Å². The number of nitrogens with one attached hydrogen (secondary N) is 1. The number of carbonyl (C=O) groups is 1. The van der Waals surface area contributed by atoms with Gasteiger partial charge in [-0.25, -0.2) is 0 Å². The van der Waals surface area contributed by atoms with Crippen LogP contribution in [0.1, 0.15) is 66.2 Å². The predicted molar refractivity (Wildman–Crippen MR) is 94.2 cm³/mol. The number of hydrogen-bond acceptors (Lipinski definition) is 3. The summed E-state index contributed by atoms with van der Waals surface area (Å²) in [7, 11) is 0. The molecule has 23 heavy (non-hydrogen) atoms. The molecule has 2 rings (SSSR count). The molecule has 1 amide bonds. The summed E-state index contributed by atoms with van der Waals surface area (Å²) in [5, 5.41) is 13.0. The van der Waals surface area contributed by atoms with Crippen molar-refractivity contribution in [1.29, 1.82) is 0 Å². The number of amides is 1. The Bertz CT molecular complexity index is 385. The Labute approximate surface area is 142 Å². The van der Waals surface area contributed by atoms with Crippen LogP contribution >= 0.6 is 0 Å². The van der Waals surface area contributed by atoms with Gasteiger partial charge in [-0.2, -0.15) is 0 Å². The highest BCUT2D eigenvalue weighted by Gasteiger charge is 2.36. The molecule has 134 valence electrons. The van der Waals surface area contributed by atoms with Gasteiger partial charge in [0.05, 0.1) is 6.04 Å². The van der Waals surface area contributed by atoms with Gasteiger partial charge in [-0.05, 0) is 62.9 Å². The van der Waals surface area contributed by atoms with Crippen LogP contribution in [-0.4, -0.2) is 47.7 Å². The van der Waals surface area contributed by atoms with E-state index < -0.39 is 0 Å². The standard InChI is InChI=1S/C19H36N2O2/c1-5-19(13-22)9-11-21(12-10-19)16(4)18(23)20-17-8-6-7-14(2)15(17)3/h14-17,22H,5-13H2,1-4H3,(H,20,23). The predicted octanol–water partition coefficient (Wildman–Crippen LogP) is 2.80. The van der Waals surface area contributed by atoms with E-state index >= 15 is 0 Å². The van der Waals surface area contributed by atoms with Crippen LogP contribution in [0.5, 0.6) is 0 Å². The number of aliphatic hydroxyl groups excluding tert-OH is 1. The maximum atomic E-state index is 12.7. The lowest BCUT2D eigenvalue weighted by atomic mass is 9.76. The molecule has 4 heteroatoms. The molecule has 1 heterocycles. The number of nitrogens with zero attached hydrogens (tertiary/aromatic N) is 1. The van der Waals surface area contributed by atoms with Gasteiger partial charge >= 0.3 is 0 Å². The molecule has 0 bridgehead atoms. The fourth-order valence-corrected chi connectivity index (χ4v) is 4.26. The van der Waals surface area contributed by atoms with Gasteiger partial charge in [0, 0.05) is 12.6 Å². The van der Waals surface area contributed by atoms with E-state index in [1.54, 1.807) is 0 Å². The minimum atomic E-state index is -0.0621. The van der Waals surface area contributed by atoms with Crippen LogP contribution < -0.4 is 5.32 Å². The molecule has 0 spiro atoms. The molecule has 0 radical (unpaired) electrons. The Kier molecular flexibility index (Phi) is 6.49. The molecule has 2 N–H and O–H groups in total. The first-order valence-electron chi connectivity index (χ1n) is 9.57. The third-order valence-corrected chi connectivity index (χ3v) is 6.91. The fraction of sp³-hybridized carbons (Fsp3) is 0.947. The third-order valence-electron chi connectivity index (χ3n) is 6.91. The van der Waals surface area contributed by atoms with E-state index in [0.29, 0.717) is 17.9 Å². The van der Waals surface area contributed by atoms with Gasteiger partial charge in [-0.15, -0.1) is 0 Å². The van der Waals surface area contributed by atoms with Crippen LogP contribution in [0, 0.1) is 17.3 Å². The van der Waals surface area contributed by atoms with Gasteiger partial charge in [-0.3, -0.25) is 9.69 Å². The van der Waals surface area contributed by atoms with Crippen LogP contribution in [0.4, 0.5) is 0 Å². The molecule has 1 aliphatic carbocycles. The minimum absolute atomic E-state index is 0.0621. The van der Waals surface area contributed by atoms with E-state index in [1.165, 1.54) is 12.8 Å². The van der Waals surface area contributed by atoms with Crippen molar-refractivity contribution in [2.24, 2.45) is 17.3 Å². The number of aliphatic hydroxyl groups is 1. The maximum Gasteiger partial charge on any atom is 0.237 e. The molecule has 2 fully saturated rings. The third kappa shape index (κ3) is 4.27. The van der Waals surface area contributed by atoms with Crippen molar-refractivity contribution >= 4 is 5.91 Å². The topological polar surface area (TPSA) is 52.6 Å². The second kappa shape index (κ2) is 7.98. The lowest BCUT2D eigenvalue weighted by molar-refractivity contribution is -0.128. The Morgan fingerprint density at radius 3 is 2.52 bits per heavy atom. The van der Waals surface area contributed by atoms with Crippen LogP contribution in [0.25, 0.3) is 0 Å². The largest absolute Gasteiger partial charge is 0.396 e. The summed E-state index contributed by atoms with van der Waals surface area (Å²) >= 11 is 0. The second-order valence-electron chi connectivity index (χ2n) is 8.11. The highest BCUT2D eigenvalue weighted by atomic mass is 16.3. The van der Waals surface area contributed by atoms with Crippen molar-refractivity contribution in [2.75, 3.05) is 19.7 Å². The minimum Gasteiger partial charge on any atom is -0.396 e. The number of likely N-dealkylation sites (tertiary alicyclic amines) is 1. The molecular formula is C19H36N2O2. The molecule has 0 aromatic heterocycles. The van der Waals surface area contributed by atoms with Gasteiger partial charge < -0.3 is 10.4 Å². The van der Waals surface area contributed by atoms with Gasteiger partial charge in [0.15, 0.2) is 0 Å². The first-order chi connectivity index (χ1) is 10.9. The lowest BCUT2D eigenvalue weighted by Crippen LogP contribution is -2.54. The smallest absolute Gasteiger partial charge is 0.237 e. The Hall–Kier alpha value is -0.610. The molecular weight excluding hydrogens is 288 g/mol. The summed E-state index contributed by atoms with van der Waals surface area (Å²) in [6.45, 7) is 10.9. The lowest BCUT2D eigenvalue weighted by Gasteiger charge is -2.42. The van der Waals surface area contributed by atoms with Crippen molar-refractivity contribution in [3.63, 3.8) is 0 Å². The molecule has 0 aromatic rings. The summed E-state index contributed by atoms with van der Waals surface area (Å²) in [6.07, 6.45) is 6.64. The second-order valence-corrected chi connectivity index (χ2v) is 8.11. The van der Waals surface area contributed by atoms with Crippen LogP contribution in [-0.2, 0) is 4.79 Å². The van der Waals surface area contributed by atoms with Crippen LogP contribution in [0.2, 0.25) is 0 Å². The van der Waals surface area contributed by atoms with Crippen molar-refractivity contribution in [3.05, 3.63) is 0 Å². The van der Waals surface area contributed by atoms with Gasteiger partial charge in [0.25, 0.3) is 0 Å². The van der Waals surface area contributed by atoms with E-state index in [-0.39, 0.29) is 24.0 Å². The first kappa shape index (κ1) is 18.7. The zero-order valence-electron chi connectivity index (χ0n) is 15.5. The first-order valence-corrected chi connectivity index (χ1v) is 9.57. The fourth-order valence-electron chi connectivity index (χ4n) is 4.26. The highest BCUT2D eigenvalue weighted by Crippen LogP contribution is 2.35. The summed E-state index contributed by atoms with van der Waals surface area (Å²) in [6, 6.07) is 0.277. The van der Waals surface area contributed by atoms with Crippen molar-refractivity contribution in [3.8, 4) is 0 Å². The number of piperidine rings is 1. The Morgan fingerprint density at radius 2 is 1.96 bits per heavy atom. The average Bonchev–Trinajstić information content (AvgIpc) is 2.58. The molecule has 2 aliphatic rings. The molecule has 1 saturated heterocycles. The average molecular weight is 325 g/mol. The van der Waals surface area contributed by atoms with Crippen LogP contribution in [0.15, 0.2) is 0 Å². The molecule has 4 unspecified atom stereocenters. The number of hydrogen-bond donors (Lipinski definition) is 2. The van der Waals surface area contributed by atoms with E-state index in [4.69, 9.17) is 0 Å². The summed E-state index contributed by atoms with van der Waals surface area (Å²) < 4.78 is 0. The van der Waals surface area contributed by atoms with Gasteiger partial charge in [-0.1, -0.05) is 33.6 Å². The normalized spacial score (nSPS) is 33.2. The quantitative estimate of drug-likeness (QED) is 0.817. The number of carbonyl (C=O) groups excluding carboxylic acids is 1. The highest BCUT2D eigenvalue weighted by molar-refractivity contribution is 5.81. The van der Waals surface area contributed by atoms with E-state index in [2.05, 4.69) is 31.0 Å². The summed E-state index contributed by atoms with van der Waals surface area (Å²) in [4.78, 5) is 14.9. The van der Waals surface area contributed by atoms with E-state index in [1.807, 2.05) is 6.92 Å². The molecule has 4 nitrogen and oxygen atoms in total. The molecule has 0 aromatic carbocycles. The zero-order chi connectivity index (χ0) is 17.0.